The molecular weight excluding hydrogens is 532 g/mol. The van der Waals surface area contributed by atoms with Crippen LogP contribution in [-0.4, -0.2) is 9.13 Å². The highest BCUT2D eigenvalue weighted by molar-refractivity contribution is 6.12. The second-order valence-electron chi connectivity index (χ2n) is 11.3. The first kappa shape index (κ1) is 23.7. The van der Waals surface area contributed by atoms with Crippen LogP contribution in [0.25, 0.3) is 77.2 Å². The lowest BCUT2D eigenvalue weighted by atomic mass is 10.0. The zero-order valence-corrected chi connectivity index (χ0v) is 24.0. The van der Waals surface area contributed by atoms with E-state index in [9.17, 15) is 0 Å². The summed E-state index contributed by atoms with van der Waals surface area (Å²) in [6.07, 6.45) is 0. The quantitative estimate of drug-likeness (QED) is 0.202. The van der Waals surface area contributed by atoms with Gasteiger partial charge in [0.2, 0.25) is 0 Å². The summed E-state index contributed by atoms with van der Waals surface area (Å²) in [5.74, 6) is 0. The molecule has 9 rings (SSSR count). The molecule has 44 heavy (non-hydrogen) atoms. The van der Waals surface area contributed by atoms with Crippen LogP contribution in [0.3, 0.4) is 0 Å². The minimum absolute atomic E-state index is 0.527. The van der Waals surface area contributed by atoms with Crippen molar-refractivity contribution in [1.29, 1.82) is 0 Å². The predicted molar refractivity (Wildman–Crippen MR) is 186 cm³/mol. The Balaban J connectivity index is 1.19. The average Bonchev–Trinajstić information content (AvgIpc) is 3.61. The number of benzene rings is 7. The second-order valence-corrected chi connectivity index (χ2v) is 11.3. The third kappa shape index (κ3) is 3.82. The first-order chi connectivity index (χ1) is 22.2. The van der Waals surface area contributed by atoms with E-state index in [-0.39, 0.29) is 0 Å². The minimum atomic E-state index is 0.527. The maximum absolute atomic E-state index is 7.80. The SMILES string of the molecule is [2H]c1ccc(-c2ccc(-n3c4ccccc4c4cc(-c5ccc6c(c5)c5ccccc5n6-c5ccccc5)ccc43)cc2)cc1. The standard InChI is InChI=1S/C42H28N2/c1-3-11-29(12-4-1)30-19-23-34(24-20-30)44-40-18-10-8-16-36(40)38-28-32(22-26-42(38)44)31-21-25-41-37(27-31)35-15-7-9-17-39(35)43(41)33-13-5-2-6-14-33/h1-28H/i1D. The Morgan fingerprint density at radius 3 is 1.32 bits per heavy atom. The summed E-state index contributed by atoms with van der Waals surface area (Å²) in [5.41, 5.74) is 11.8. The highest BCUT2D eigenvalue weighted by Gasteiger charge is 2.16. The molecule has 2 aromatic heterocycles. The first-order valence-corrected chi connectivity index (χ1v) is 15.0. The Morgan fingerprint density at radius 1 is 0.318 bits per heavy atom. The van der Waals surface area contributed by atoms with Gasteiger partial charge in [-0.15, -0.1) is 0 Å². The Morgan fingerprint density at radius 2 is 0.750 bits per heavy atom. The van der Waals surface area contributed by atoms with Crippen LogP contribution in [0.5, 0.6) is 0 Å². The van der Waals surface area contributed by atoms with Crippen molar-refractivity contribution in [3.8, 4) is 33.6 Å². The number of para-hydroxylation sites is 3. The molecular formula is C42H28N2. The zero-order chi connectivity index (χ0) is 29.9. The summed E-state index contributed by atoms with van der Waals surface area (Å²) in [5, 5.41) is 5.00. The molecule has 206 valence electrons. The molecule has 0 fully saturated rings. The van der Waals surface area contributed by atoms with Crippen molar-refractivity contribution in [2.24, 2.45) is 0 Å². The number of nitrogens with zero attached hydrogens (tertiary/aromatic N) is 2. The molecule has 0 aliphatic rings. The molecule has 0 saturated heterocycles. The van der Waals surface area contributed by atoms with Gasteiger partial charge in [0, 0.05) is 32.9 Å². The van der Waals surface area contributed by atoms with Gasteiger partial charge in [0.1, 0.15) is 0 Å². The Labute approximate surface area is 257 Å². The molecule has 0 aliphatic heterocycles. The van der Waals surface area contributed by atoms with Gasteiger partial charge < -0.3 is 9.13 Å². The van der Waals surface area contributed by atoms with Gasteiger partial charge in [-0.05, 0) is 82.9 Å². The molecule has 2 heterocycles. The van der Waals surface area contributed by atoms with Crippen LogP contribution in [0.4, 0.5) is 0 Å². The maximum atomic E-state index is 7.80. The molecule has 0 amide bonds. The fourth-order valence-electron chi connectivity index (χ4n) is 6.82. The smallest absolute Gasteiger partial charge is 0.0623 e. The molecule has 7 aromatic carbocycles. The van der Waals surface area contributed by atoms with E-state index < -0.39 is 0 Å². The van der Waals surface area contributed by atoms with Crippen molar-refractivity contribution in [2.45, 2.75) is 0 Å². The second kappa shape index (κ2) is 9.86. The van der Waals surface area contributed by atoms with E-state index in [4.69, 9.17) is 1.37 Å². The van der Waals surface area contributed by atoms with Gasteiger partial charge in [0.25, 0.3) is 0 Å². The third-order valence-electron chi connectivity index (χ3n) is 8.87. The van der Waals surface area contributed by atoms with Gasteiger partial charge in [-0.3, -0.25) is 0 Å². The van der Waals surface area contributed by atoms with E-state index in [1.807, 2.05) is 24.3 Å². The van der Waals surface area contributed by atoms with E-state index in [0.717, 1.165) is 16.8 Å². The number of rotatable bonds is 4. The van der Waals surface area contributed by atoms with Crippen molar-refractivity contribution in [1.82, 2.24) is 9.13 Å². The summed E-state index contributed by atoms with van der Waals surface area (Å²) in [4.78, 5) is 0. The number of hydrogen-bond acceptors (Lipinski definition) is 0. The van der Waals surface area contributed by atoms with Gasteiger partial charge in [-0.25, -0.2) is 0 Å². The Kier molecular flexibility index (Phi) is 5.31. The van der Waals surface area contributed by atoms with Crippen molar-refractivity contribution >= 4 is 43.6 Å². The highest BCUT2D eigenvalue weighted by Crippen LogP contribution is 2.38. The average molecular weight is 562 g/mol. The van der Waals surface area contributed by atoms with Crippen LogP contribution in [0.1, 0.15) is 1.37 Å². The lowest BCUT2D eigenvalue weighted by Gasteiger charge is -2.10. The van der Waals surface area contributed by atoms with Crippen LogP contribution in [0.15, 0.2) is 170 Å². The summed E-state index contributed by atoms with van der Waals surface area (Å²) >= 11 is 0. The molecule has 0 spiro atoms. The van der Waals surface area contributed by atoms with Gasteiger partial charge in [-0.2, -0.15) is 0 Å². The fourth-order valence-corrected chi connectivity index (χ4v) is 6.82. The molecule has 0 atom stereocenters. The number of aromatic nitrogens is 2. The zero-order valence-electron chi connectivity index (χ0n) is 25.0. The molecule has 0 radical (unpaired) electrons. The fraction of sp³-hybridized carbons (Fsp3) is 0. The van der Waals surface area contributed by atoms with Gasteiger partial charge in [0.15, 0.2) is 0 Å². The van der Waals surface area contributed by atoms with E-state index in [0.29, 0.717) is 6.04 Å². The summed E-state index contributed by atoms with van der Waals surface area (Å²) < 4.78 is 12.5. The molecule has 0 bridgehead atoms. The van der Waals surface area contributed by atoms with Crippen molar-refractivity contribution < 1.29 is 1.37 Å². The normalized spacial score (nSPS) is 12.0. The number of fused-ring (bicyclic) bond motifs is 6. The van der Waals surface area contributed by atoms with E-state index in [2.05, 4.69) is 149 Å². The largest absolute Gasteiger partial charge is 0.309 e. The van der Waals surface area contributed by atoms with Gasteiger partial charge in [0.05, 0.1) is 23.4 Å². The minimum Gasteiger partial charge on any atom is -0.309 e. The predicted octanol–water partition coefficient (Wildman–Crippen LogP) is 11.2. The first-order valence-electron chi connectivity index (χ1n) is 15.5. The molecule has 0 aliphatic carbocycles. The topological polar surface area (TPSA) is 9.86 Å². The van der Waals surface area contributed by atoms with Gasteiger partial charge in [-0.1, -0.05) is 109 Å². The monoisotopic (exact) mass is 561 g/mol. The Hall–Kier alpha value is -5.86. The summed E-state index contributed by atoms with van der Waals surface area (Å²) in [6.45, 7) is 0. The molecule has 0 saturated carbocycles. The lowest BCUT2D eigenvalue weighted by molar-refractivity contribution is 1.18. The Bertz CT molecular complexity index is 2520. The van der Waals surface area contributed by atoms with Crippen molar-refractivity contribution in [3.63, 3.8) is 0 Å². The van der Waals surface area contributed by atoms with Crippen molar-refractivity contribution in [2.75, 3.05) is 0 Å². The number of hydrogen-bond donors (Lipinski definition) is 0. The van der Waals surface area contributed by atoms with Crippen LogP contribution >= 0.6 is 0 Å². The summed E-state index contributed by atoms with van der Waals surface area (Å²) in [7, 11) is 0. The molecule has 2 nitrogen and oxygen atoms in total. The highest BCUT2D eigenvalue weighted by atomic mass is 15.0. The summed E-state index contributed by atoms with van der Waals surface area (Å²) in [6, 6.07) is 58.7. The van der Waals surface area contributed by atoms with E-state index in [1.54, 1.807) is 0 Å². The third-order valence-corrected chi connectivity index (χ3v) is 8.87. The maximum Gasteiger partial charge on any atom is 0.0623 e. The van der Waals surface area contributed by atoms with Gasteiger partial charge >= 0.3 is 0 Å². The molecule has 0 N–H and O–H groups in total. The lowest BCUT2D eigenvalue weighted by Crippen LogP contribution is -1.93. The van der Waals surface area contributed by atoms with Crippen LogP contribution in [-0.2, 0) is 0 Å². The molecule has 0 unspecified atom stereocenters. The van der Waals surface area contributed by atoms with Crippen LogP contribution in [0, 0.1) is 0 Å². The van der Waals surface area contributed by atoms with E-state index in [1.165, 1.54) is 60.4 Å². The van der Waals surface area contributed by atoms with Crippen LogP contribution < -0.4 is 0 Å². The van der Waals surface area contributed by atoms with Crippen LogP contribution in [0.2, 0.25) is 0 Å². The molecule has 2 heteroatoms. The molecule has 9 aromatic rings. The van der Waals surface area contributed by atoms with E-state index >= 15 is 0 Å². The van der Waals surface area contributed by atoms with Crippen molar-refractivity contribution in [3.05, 3.63) is 170 Å².